The number of nitrogens with zero attached hydrogens (tertiary/aromatic N) is 2. The molecule has 1 atom stereocenters. The summed E-state index contributed by atoms with van der Waals surface area (Å²) in [6, 6.07) is 2.38. The maximum atomic E-state index is 5.73. The van der Waals surface area contributed by atoms with Crippen LogP contribution in [0.4, 0.5) is 5.82 Å². The number of hydrogen-bond acceptors (Lipinski definition) is 4. The van der Waals surface area contributed by atoms with Crippen LogP contribution in [-0.4, -0.2) is 22.6 Å². The molecule has 0 spiro atoms. The first-order valence-corrected chi connectivity index (χ1v) is 5.61. The van der Waals surface area contributed by atoms with Crippen LogP contribution in [0.5, 0.6) is 0 Å². The number of aryl methyl sites for hydroxylation is 1. The summed E-state index contributed by atoms with van der Waals surface area (Å²) in [7, 11) is 0. The van der Waals surface area contributed by atoms with Crippen molar-refractivity contribution in [2.24, 2.45) is 11.7 Å². The maximum Gasteiger partial charge on any atom is 0.129 e. The molecule has 82 valence electrons. The van der Waals surface area contributed by atoms with Gasteiger partial charge in [-0.3, -0.25) is 0 Å². The zero-order valence-electron chi connectivity index (χ0n) is 9.11. The summed E-state index contributed by atoms with van der Waals surface area (Å²) >= 11 is 0. The standard InChI is InChI=1S/C11H18N4/c1-2-9-5-11(14-7-13-9)15-10(6-12)8-3-4-8/h5,7-8,10H,2-4,6,12H2,1H3,(H,13,14,15). The number of hydrogen-bond donors (Lipinski definition) is 2. The molecule has 1 aliphatic carbocycles. The van der Waals surface area contributed by atoms with Gasteiger partial charge in [-0.1, -0.05) is 6.92 Å². The van der Waals surface area contributed by atoms with Crippen molar-refractivity contribution in [3.63, 3.8) is 0 Å². The summed E-state index contributed by atoms with van der Waals surface area (Å²) in [5, 5.41) is 3.39. The molecule has 1 saturated carbocycles. The Kier molecular flexibility index (Phi) is 3.16. The highest BCUT2D eigenvalue weighted by Crippen LogP contribution is 2.33. The van der Waals surface area contributed by atoms with Gasteiger partial charge in [-0.25, -0.2) is 9.97 Å². The fourth-order valence-corrected chi connectivity index (χ4v) is 1.73. The lowest BCUT2D eigenvalue weighted by atomic mass is 10.2. The molecule has 15 heavy (non-hydrogen) atoms. The lowest BCUT2D eigenvalue weighted by molar-refractivity contribution is 0.642. The normalized spacial score (nSPS) is 17.5. The minimum absolute atomic E-state index is 0.379. The van der Waals surface area contributed by atoms with E-state index in [1.807, 2.05) is 6.07 Å². The molecule has 1 unspecified atom stereocenters. The van der Waals surface area contributed by atoms with E-state index in [1.165, 1.54) is 12.8 Å². The smallest absolute Gasteiger partial charge is 0.129 e. The second kappa shape index (κ2) is 4.57. The van der Waals surface area contributed by atoms with Crippen molar-refractivity contribution in [3.8, 4) is 0 Å². The van der Waals surface area contributed by atoms with Crippen molar-refractivity contribution in [3.05, 3.63) is 18.1 Å². The van der Waals surface area contributed by atoms with Crippen molar-refractivity contribution in [1.82, 2.24) is 9.97 Å². The van der Waals surface area contributed by atoms with Gasteiger partial charge in [-0.2, -0.15) is 0 Å². The summed E-state index contributed by atoms with van der Waals surface area (Å²) in [6.45, 7) is 2.77. The monoisotopic (exact) mass is 206 g/mol. The van der Waals surface area contributed by atoms with Crippen molar-refractivity contribution in [1.29, 1.82) is 0 Å². The van der Waals surface area contributed by atoms with E-state index < -0.39 is 0 Å². The van der Waals surface area contributed by atoms with E-state index in [0.29, 0.717) is 12.6 Å². The van der Waals surface area contributed by atoms with Crippen molar-refractivity contribution in [2.45, 2.75) is 32.2 Å². The number of anilines is 1. The van der Waals surface area contributed by atoms with Crippen molar-refractivity contribution in [2.75, 3.05) is 11.9 Å². The second-order valence-corrected chi connectivity index (χ2v) is 4.07. The van der Waals surface area contributed by atoms with Gasteiger partial charge in [-0.05, 0) is 25.2 Å². The van der Waals surface area contributed by atoms with Gasteiger partial charge >= 0.3 is 0 Å². The molecular weight excluding hydrogens is 188 g/mol. The van der Waals surface area contributed by atoms with Crippen LogP contribution in [0.25, 0.3) is 0 Å². The van der Waals surface area contributed by atoms with Crippen LogP contribution in [0.2, 0.25) is 0 Å². The first kappa shape index (κ1) is 10.4. The SMILES string of the molecule is CCc1cc(NC(CN)C2CC2)ncn1. The highest BCUT2D eigenvalue weighted by molar-refractivity contribution is 5.36. The molecule has 0 saturated heterocycles. The van der Waals surface area contributed by atoms with Crippen LogP contribution in [0.15, 0.2) is 12.4 Å². The topological polar surface area (TPSA) is 63.8 Å². The molecule has 1 aromatic rings. The third-order valence-electron chi connectivity index (χ3n) is 2.86. The quantitative estimate of drug-likeness (QED) is 0.759. The average molecular weight is 206 g/mol. The summed E-state index contributed by atoms with van der Waals surface area (Å²) in [4.78, 5) is 8.38. The van der Waals surface area contributed by atoms with Gasteiger partial charge in [0, 0.05) is 24.3 Å². The van der Waals surface area contributed by atoms with Gasteiger partial charge in [0.05, 0.1) is 0 Å². The maximum absolute atomic E-state index is 5.73. The van der Waals surface area contributed by atoms with Gasteiger partial charge in [0.25, 0.3) is 0 Å². The molecule has 0 bridgehead atoms. The first-order valence-electron chi connectivity index (χ1n) is 5.61. The fourth-order valence-electron chi connectivity index (χ4n) is 1.73. The highest BCUT2D eigenvalue weighted by Gasteiger charge is 2.30. The van der Waals surface area contributed by atoms with Crippen LogP contribution in [0.3, 0.4) is 0 Å². The summed E-state index contributed by atoms with van der Waals surface area (Å²) in [5.41, 5.74) is 6.79. The van der Waals surface area contributed by atoms with Gasteiger partial charge < -0.3 is 11.1 Å². The molecule has 2 rings (SSSR count). The largest absolute Gasteiger partial charge is 0.366 e. The summed E-state index contributed by atoms with van der Waals surface area (Å²) in [5.74, 6) is 1.65. The molecule has 0 aliphatic heterocycles. The molecule has 3 N–H and O–H groups in total. The molecule has 1 aromatic heterocycles. The van der Waals surface area contributed by atoms with Crippen LogP contribution < -0.4 is 11.1 Å². The predicted molar refractivity (Wildman–Crippen MR) is 60.6 cm³/mol. The minimum atomic E-state index is 0.379. The lowest BCUT2D eigenvalue weighted by Gasteiger charge is -2.16. The van der Waals surface area contributed by atoms with E-state index in [0.717, 1.165) is 23.9 Å². The average Bonchev–Trinajstić information content (AvgIpc) is 3.10. The third-order valence-corrected chi connectivity index (χ3v) is 2.86. The minimum Gasteiger partial charge on any atom is -0.366 e. The number of nitrogens with one attached hydrogen (secondary N) is 1. The van der Waals surface area contributed by atoms with E-state index in [9.17, 15) is 0 Å². The molecule has 4 heteroatoms. The number of aromatic nitrogens is 2. The Morgan fingerprint density at radius 1 is 1.53 bits per heavy atom. The van der Waals surface area contributed by atoms with Crippen LogP contribution in [0, 0.1) is 5.92 Å². The van der Waals surface area contributed by atoms with Crippen molar-refractivity contribution >= 4 is 5.82 Å². The molecular formula is C11H18N4. The molecule has 4 nitrogen and oxygen atoms in total. The Morgan fingerprint density at radius 3 is 2.93 bits per heavy atom. The van der Waals surface area contributed by atoms with Gasteiger partial charge in [0.1, 0.15) is 12.1 Å². The molecule has 1 heterocycles. The summed E-state index contributed by atoms with van der Waals surface area (Å²) < 4.78 is 0. The number of nitrogens with two attached hydrogens (primary N) is 1. The number of rotatable bonds is 5. The van der Waals surface area contributed by atoms with E-state index >= 15 is 0 Å². The molecule has 0 amide bonds. The Morgan fingerprint density at radius 2 is 2.33 bits per heavy atom. The molecule has 0 aromatic carbocycles. The van der Waals surface area contributed by atoms with E-state index in [-0.39, 0.29) is 0 Å². The van der Waals surface area contributed by atoms with E-state index in [4.69, 9.17) is 5.73 Å². The van der Waals surface area contributed by atoms with Crippen LogP contribution in [-0.2, 0) is 6.42 Å². The zero-order chi connectivity index (χ0) is 10.7. The van der Waals surface area contributed by atoms with Crippen molar-refractivity contribution < 1.29 is 0 Å². The van der Waals surface area contributed by atoms with Gasteiger partial charge in [0.2, 0.25) is 0 Å². The highest BCUT2D eigenvalue weighted by atomic mass is 15.1. The Labute approximate surface area is 90.3 Å². The van der Waals surface area contributed by atoms with Crippen LogP contribution >= 0.6 is 0 Å². The van der Waals surface area contributed by atoms with Gasteiger partial charge in [-0.15, -0.1) is 0 Å². The van der Waals surface area contributed by atoms with Crippen LogP contribution in [0.1, 0.15) is 25.5 Å². The van der Waals surface area contributed by atoms with E-state index in [1.54, 1.807) is 6.33 Å². The Balaban J connectivity index is 2.01. The van der Waals surface area contributed by atoms with Gasteiger partial charge in [0.15, 0.2) is 0 Å². The zero-order valence-corrected chi connectivity index (χ0v) is 9.11. The van der Waals surface area contributed by atoms with E-state index in [2.05, 4.69) is 22.2 Å². The Hall–Kier alpha value is -1.16. The lowest BCUT2D eigenvalue weighted by Crippen LogP contribution is -2.31. The fraction of sp³-hybridized carbons (Fsp3) is 0.636. The molecule has 0 radical (unpaired) electrons. The Bertz CT molecular complexity index is 322. The predicted octanol–water partition coefficient (Wildman–Crippen LogP) is 1.19. The first-order chi connectivity index (χ1) is 7.33. The third kappa shape index (κ3) is 2.65. The molecule has 1 aliphatic rings. The summed E-state index contributed by atoms with van der Waals surface area (Å²) in [6.07, 6.45) is 5.14. The second-order valence-electron chi connectivity index (χ2n) is 4.07. The molecule has 1 fully saturated rings.